The molecular formula is C14H23N5O. The number of aromatic nitrogens is 4. The minimum absolute atomic E-state index is 0.159. The smallest absolute Gasteiger partial charge is 0.202 e. The van der Waals surface area contributed by atoms with Gasteiger partial charge in [0.25, 0.3) is 0 Å². The van der Waals surface area contributed by atoms with E-state index >= 15 is 0 Å². The van der Waals surface area contributed by atoms with Crippen LogP contribution in [-0.4, -0.2) is 30.5 Å². The number of fused-ring (bicyclic) bond motifs is 1. The second-order valence-corrected chi connectivity index (χ2v) is 5.79. The Morgan fingerprint density at radius 2 is 2.00 bits per heavy atom. The molecule has 6 nitrogen and oxygen atoms in total. The highest BCUT2D eigenvalue weighted by molar-refractivity contribution is 5.78. The number of hydrogen-bond acceptors (Lipinski definition) is 4. The summed E-state index contributed by atoms with van der Waals surface area (Å²) in [5.41, 5.74) is 9.14. The van der Waals surface area contributed by atoms with E-state index in [1.54, 1.807) is 0 Å². The topological polar surface area (TPSA) is 81.9 Å². The molecule has 1 fully saturated rings. The van der Waals surface area contributed by atoms with E-state index in [0.29, 0.717) is 12.0 Å². The van der Waals surface area contributed by atoms with Crippen LogP contribution in [0.2, 0.25) is 0 Å². The summed E-state index contributed by atoms with van der Waals surface area (Å²) in [6, 6.07) is 0.327. The number of rotatable bonds is 3. The van der Waals surface area contributed by atoms with Crippen molar-refractivity contribution in [1.29, 1.82) is 0 Å². The van der Waals surface area contributed by atoms with Gasteiger partial charge in [-0.15, -0.1) is 0 Å². The van der Waals surface area contributed by atoms with Gasteiger partial charge in [-0.1, -0.05) is 13.3 Å². The van der Waals surface area contributed by atoms with E-state index in [9.17, 15) is 5.11 Å². The lowest BCUT2D eigenvalue weighted by Gasteiger charge is -2.27. The molecule has 1 saturated carbocycles. The molecule has 3 N–H and O–H groups in total. The fourth-order valence-electron chi connectivity index (χ4n) is 3.30. The number of imidazole rings is 1. The van der Waals surface area contributed by atoms with Gasteiger partial charge in [-0.05, 0) is 32.1 Å². The Bertz CT molecular complexity index is 607. The summed E-state index contributed by atoms with van der Waals surface area (Å²) in [5.74, 6) is 0.576. The Morgan fingerprint density at radius 3 is 2.65 bits per heavy atom. The zero-order chi connectivity index (χ0) is 14.3. The lowest BCUT2D eigenvalue weighted by atomic mass is 9.93. The number of nitrogens with two attached hydrogens (primary N) is 1. The van der Waals surface area contributed by atoms with Gasteiger partial charge in [0.2, 0.25) is 5.95 Å². The van der Waals surface area contributed by atoms with Gasteiger partial charge < -0.3 is 10.8 Å². The van der Waals surface area contributed by atoms with Crippen molar-refractivity contribution in [2.24, 2.45) is 7.05 Å². The molecule has 0 saturated heterocycles. The number of hydrogen-bond donors (Lipinski definition) is 2. The Morgan fingerprint density at radius 1 is 1.30 bits per heavy atom. The maximum atomic E-state index is 9.66. The first-order valence-electron chi connectivity index (χ1n) is 7.49. The van der Waals surface area contributed by atoms with Crippen LogP contribution in [0.15, 0.2) is 0 Å². The average Bonchev–Trinajstić information content (AvgIpc) is 2.90. The maximum absolute atomic E-state index is 9.66. The van der Waals surface area contributed by atoms with Crippen LogP contribution in [0.4, 0.5) is 5.95 Å². The molecule has 0 unspecified atom stereocenters. The predicted molar refractivity (Wildman–Crippen MR) is 78.4 cm³/mol. The van der Waals surface area contributed by atoms with Crippen molar-refractivity contribution in [3.8, 4) is 0 Å². The molecule has 0 radical (unpaired) electrons. The van der Waals surface area contributed by atoms with E-state index in [0.717, 1.165) is 55.4 Å². The molecule has 2 aromatic rings. The lowest BCUT2D eigenvalue weighted by molar-refractivity contribution is 0.111. The zero-order valence-corrected chi connectivity index (χ0v) is 12.2. The molecule has 6 heteroatoms. The van der Waals surface area contributed by atoms with E-state index < -0.39 is 0 Å². The predicted octanol–water partition coefficient (Wildman–Crippen LogP) is 1.78. The standard InChI is InChI=1S/C14H23N5O/c1-3-4-11-12-13(18(2)17-11)19(14(15)16-12)9-5-7-10(20)8-6-9/h9-10,20H,3-8H2,1-2H3,(H2,15,16). The van der Waals surface area contributed by atoms with Gasteiger partial charge in [0.15, 0.2) is 5.65 Å². The van der Waals surface area contributed by atoms with Crippen molar-refractivity contribution in [1.82, 2.24) is 19.3 Å². The van der Waals surface area contributed by atoms with Crippen LogP contribution in [0.5, 0.6) is 0 Å². The Hall–Kier alpha value is -1.56. The fraction of sp³-hybridized carbons (Fsp3) is 0.714. The van der Waals surface area contributed by atoms with E-state index in [1.165, 1.54) is 0 Å². The Labute approximate surface area is 118 Å². The zero-order valence-electron chi connectivity index (χ0n) is 12.2. The molecule has 2 heterocycles. The van der Waals surface area contributed by atoms with Crippen molar-refractivity contribution in [2.75, 3.05) is 5.73 Å². The highest BCUT2D eigenvalue weighted by Crippen LogP contribution is 2.34. The second-order valence-electron chi connectivity index (χ2n) is 5.79. The summed E-state index contributed by atoms with van der Waals surface area (Å²) in [6.45, 7) is 2.14. The van der Waals surface area contributed by atoms with Gasteiger partial charge in [0.05, 0.1) is 11.8 Å². The summed E-state index contributed by atoms with van der Waals surface area (Å²) in [7, 11) is 1.96. The number of aliphatic hydroxyl groups is 1. The first-order valence-corrected chi connectivity index (χ1v) is 7.49. The first kappa shape index (κ1) is 13.4. The molecule has 3 rings (SSSR count). The maximum Gasteiger partial charge on any atom is 0.202 e. The largest absolute Gasteiger partial charge is 0.393 e. The first-order chi connectivity index (χ1) is 9.61. The monoisotopic (exact) mass is 277 g/mol. The van der Waals surface area contributed by atoms with Gasteiger partial charge in [-0.25, -0.2) is 4.98 Å². The van der Waals surface area contributed by atoms with E-state index in [-0.39, 0.29) is 6.10 Å². The summed E-state index contributed by atoms with van der Waals surface area (Å²) < 4.78 is 4.02. The van der Waals surface area contributed by atoms with Gasteiger partial charge in [-0.3, -0.25) is 9.25 Å². The molecule has 110 valence electrons. The van der Waals surface area contributed by atoms with E-state index in [4.69, 9.17) is 5.73 Å². The van der Waals surface area contributed by atoms with E-state index in [2.05, 4.69) is 21.6 Å². The SMILES string of the molecule is CCCc1nn(C)c2c1nc(N)n2C1CCC(O)CC1. The fourth-order valence-corrected chi connectivity index (χ4v) is 3.30. The normalized spacial score (nSPS) is 23.6. The molecular weight excluding hydrogens is 254 g/mol. The number of aryl methyl sites for hydroxylation is 2. The molecule has 0 spiro atoms. The number of aliphatic hydroxyl groups excluding tert-OH is 1. The molecule has 1 aliphatic rings. The molecule has 20 heavy (non-hydrogen) atoms. The van der Waals surface area contributed by atoms with Crippen LogP contribution in [0.25, 0.3) is 11.2 Å². The Kier molecular flexibility index (Phi) is 3.41. The summed E-state index contributed by atoms with van der Waals surface area (Å²) >= 11 is 0. The van der Waals surface area contributed by atoms with Gasteiger partial charge in [0, 0.05) is 13.1 Å². The van der Waals surface area contributed by atoms with E-state index in [1.807, 2.05) is 11.7 Å². The molecule has 0 aromatic carbocycles. The molecule has 0 amide bonds. The number of nitrogens with zero attached hydrogens (tertiary/aromatic N) is 4. The quantitative estimate of drug-likeness (QED) is 0.896. The van der Waals surface area contributed by atoms with Crippen molar-refractivity contribution in [3.05, 3.63) is 5.69 Å². The average molecular weight is 277 g/mol. The summed E-state index contributed by atoms with van der Waals surface area (Å²) in [4.78, 5) is 4.54. The van der Waals surface area contributed by atoms with Gasteiger partial charge >= 0.3 is 0 Å². The molecule has 1 aliphatic carbocycles. The third-order valence-corrected chi connectivity index (χ3v) is 4.28. The highest BCUT2D eigenvalue weighted by Gasteiger charge is 2.26. The molecule has 0 aliphatic heterocycles. The van der Waals surface area contributed by atoms with Crippen molar-refractivity contribution < 1.29 is 5.11 Å². The van der Waals surface area contributed by atoms with Crippen LogP contribution in [0.3, 0.4) is 0 Å². The Balaban J connectivity index is 2.04. The second kappa shape index (κ2) is 5.09. The van der Waals surface area contributed by atoms with Crippen molar-refractivity contribution in [3.63, 3.8) is 0 Å². The van der Waals surface area contributed by atoms with Crippen LogP contribution < -0.4 is 5.73 Å². The van der Waals surface area contributed by atoms with Gasteiger partial charge in [-0.2, -0.15) is 5.10 Å². The third-order valence-electron chi connectivity index (χ3n) is 4.28. The molecule has 0 bridgehead atoms. The highest BCUT2D eigenvalue weighted by atomic mass is 16.3. The van der Waals surface area contributed by atoms with Crippen LogP contribution in [-0.2, 0) is 13.5 Å². The molecule has 2 aromatic heterocycles. The summed E-state index contributed by atoms with van der Waals surface area (Å²) in [5, 5.41) is 14.2. The van der Waals surface area contributed by atoms with Crippen molar-refractivity contribution >= 4 is 17.1 Å². The van der Waals surface area contributed by atoms with Crippen molar-refractivity contribution in [2.45, 2.75) is 57.6 Å². The van der Waals surface area contributed by atoms with Crippen LogP contribution in [0.1, 0.15) is 50.8 Å². The van der Waals surface area contributed by atoms with Gasteiger partial charge in [0.1, 0.15) is 5.52 Å². The third kappa shape index (κ3) is 2.08. The molecule has 0 atom stereocenters. The minimum atomic E-state index is -0.159. The van der Waals surface area contributed by atoms with Crippen LogP contribution in [0, 0.1) is 0 Å². The summed E-state index contributed by atoms with van der Waals surface area (Å²) in [6.07, 6.45) is 5.39. The van der Waals surface area contributed by atoms with Crippen LogP contribution >= 0.6 is 0 Å². The minimum Gasteiger partial charge on any atom is -0.393 e. The number of anilines is 1. The lowest BCUT2D eigenvalue weighted by Crippen LogP contribution is -2.22. The number of nitrogen functional groups attached to an aromatic ring is 1.